The molecule has 1 aromatic carbocycles. The van der Waals surface area contributed by atoms with Crippen LogP contribution in [0, 0.1) is 5.92 Å². The number of methoxy groups -OCH3 is 1. The van der Waals surface area contributed by atoms with Crippen LogP contribution in [0.15, 0.2) is 30.3 Å². The third-order valence-corrected chi connectivity index (χ3v) is 3.79. The Labute approximate surface area is 120 Å². The quantitative estimate of drug-likeness (QED) is 0.806. The molecule has 0 aromatic heterocycles. The van der Waals surface area contributed by atoms with Gasteiger partial charge >= 0.3 is 0 Å². The van der Waals surface area contributed by atoms with Crippen molar-refractivity contribution in [2.24, 2.45) is 11.7 Å². The first-order valence-corrected chi connectivity index (χ1v) is 6.94. The summed E-state index contributed by atoms with van der Waals surface area (Å²) in [7, 11) is 3.46. The van der Waals surface area contributed by atoms with Crippen molar-refractivity contribution in [3.8, 4) is 5.75 Å². The minimum atomic E-state index is 0.00293. The van der Waals surface area contributed by atoms with E-state index in [1.165, 1.54) is 12.8 Å². The minimum absolute atomic E-state index is 0.00293. The zero-order chi connectivity index (χ0) is 14.5. The Balaban J connectivity index is 1.96. The van der Waals surface area contributed by atoms with E-state index in [4.69, 9.17) is 10.5 Å². The van der Waals surface area contributed by atoms with E-state index in [0.717, 1.165) is 11.3 Å². The molecule has 4 heteroatoms. The van der Waals surface area contributed by atoms with Gasteiger partial charge in [0, 0.05) is 25.7 Å². The van der Waals surface area contributed by atoms with E-state index in [-0.39, 0.29) is 11.9 Å². The molecule has 0 heterocycles. The summed E-state index contributed by atoms with van der Waals surface area (Å²) in [5, 5.41) is 0. The summed E-state index contributed by atoms with van der Waals surface area (Å²) in [5.74, 6) is 1.40. The van der Waals surface area contributed by atoms with Crippen LogP contribution in [0.2, 0.25) is 0 Å². The van der Waals surface area contributed by atoms with Gasteiger partial charge in [0.1, 0.15) is 5.75 Å². The Kier molecular flexibility index (Phi) is 4.79. The number of hydrogen-bond donors (Lipinski definition) is 1. The third-order valence-electron chi connectivity index (χ3n) is 3.79. The number of ether oxygens (including phenoxy) is 1. The van der Waals surface area contributed by atoms with Gasteiger partial charge in [-0.3, -0.25) is 4.79 Å². The Hall–Kier alpha value is -1.81. The first-order chi connectivity index (χ1) is 9.65. The molecule has 0 spiro atoms. The highest BCUT2D eigenvalue weighted by molar-refractivity contribution is 5.91. The molecule has 1 aliphatic carbocycles. The fraction of sp³-hybridized carbons (Fsp3) is 0.438. The van der Waals surface area contributed by atoms with Gasteiger partial charge in [-0.2, -0.15) is 0 Å². The molecule has 108 valence electrons. The average Bonchev–Trinajstić information content (AvgIpc) is 3.30. The van der Waals surface area contributed by atoms with E-state index in [2.05, 4.69) is 0 Å². The highest BCUT2D eigenvalue weighted by Gasteiger charge is 2.34. The summed E-state index contributed by atoms with van der Waals surface area (Å²) >= 11 is 0. The molecular weight excluding hydrogens is 252 g/mol. The number of nitrogens with two attached hydrogens (primary N) is 1. The van der Waals surface area contributed by atoms with Gasteiger partial charge in [0.15, 0.2) is 0 Å². The molecule has 0 radical (unpaired) electrons. The molecule has 1 atom stereocenters. The van der Waals surface area contributed by atoms with E-state index in [9.17, 15) is 4.79 Å². The Morgan fingerprint density at radius 2 is 2.10 bits per heavy atom. The summed E-state index contributed by atoms with van der Waals surface area (Å²) < 4.78 is 5.10. The third kappa shape index (κ3) is 3.61. The molecule has 0 saturated heterocycles. The molecule has 2 rings (SSSR count). The molecule has 1 aromatic rings. The lowest BCUT2D eigenvalue weighted by molar-refractivity contribution is -0.126. The van der Waals surface area contributed by atoms with Crippen LogP contribution in [0.25, 0.3) is 6.08 Å². The summed E-state index contributed by atoms with van der Waals surface area (Å²) in [5.41, 5.74) is 6.74. The summed E-state index contributed by atoms with van der Waals surface area (Å²) in [6.07, 6.45) is 5.79. The number of carbonyl (C=O) groups is 1. The summed E-state index contributed by atoms with van der Waals surface area (Å²) in [6.45, 7) is 0.531. The fourth-order valence-electron chi connectivity index (χ4n) is 2.31. The van der Waals surface area contributed by atoms with Crippen LogP contribution in [0.1, 0.15) is 18.4 Å². The first-order valence-electron chi connectivity index (χ1n) is 6.94. The van der Waals surface area contributed by atoms with Gasteiger partial charge < -0.3 is 15.4 Å². The predicted molar refractivity (Wildman–Crippen MR) is 80.4 cm³/mol. The average molecular weight is 274 g/mol. The SMILES string of the molecule is COc1ccc(/C=C/C(=O)N(C)C(CN)C2CC2)cc1. The summed E-state index contributed by atoms with van der Waals surface area (Å²) in [4.78, 5) is 13.9. The van der Waals surface area contributed by atoms with Crippen molar-refractivity contribution < 1.29 is 9.53 Å². The van der Waals surface area contributed by atoms with Gasteiger partial charge in [0.2, 0.25) is 5.91 Å². The number of benzene rings is 1. The van der Waals surface area contributed by atoms with E-state index in [1.54, 1.807) is 18.1 Å². The van der Waals surface area contributed by atoms with Crippen molar-refractivity contribution >= 4 is 12.0 Å². The van der Waals surface area contributed by atoms with E-state index < -0.39 is 0 Å². The highest BCUT2D eigenvalue weighted by Crippen LogP contribution is 2.34. The molecular formula is C16H22N2O2. The number of amides is 1. The topological polar surface area (TPSA) is 55.6 Å². The van der Waals surface area contributed by atoms with Gasteiger partial charge in [-0.05, 0) is 42.5 Å². The monoisotopic (exact) mass is 274 g/mol. The van der Waals surface area contributed by atoms with Gasteiger partial charge in [-0.15, -0.1) is 0 Å². The van der Waals surface area contributed by atoms with Crippen LogP contribution >= 0.6 is 0 Å². The zero-order valence-corrected chi connectivity index (χ0v) is 12.1. The highest BCUT2D eigenvalue weighted by atomic mass is 16.5. The normalized spacial score (nSPS) is 16.1. The molecule has 0 aliphatic heterocycles. The van der Waals surface area contributed by atoms with E-state index in [1.807, 2.05) is 37.4 Å². The van der Waals surface area contributed by atoms with Crippen LogP contribution in [-0.2, 0) is 4.79 Å². The van der Waals surface area contributed by atoms with Crippen molar-refractivity contribution in [2.75, 3.05) is 20.7 Å². The number of carbonyl (C=O) groups excluding carboxylic acids is 1. The molecule has 1 aliphatic rings. The fourth-order valence-corrected chi connectivity index (χ4v) is 2.31. The smallest absolute Gasteiger partial charge is 0.246 e. The van der Waals surface area contributed by atoms with Crippen LogP contribution in [0.5, 0.6) is 5.75 Å². The van der Waals surface area contributed by atoms with Gasteiger partial charge in [0.25, 0.3) is 0 Å². The maximum absolute atomic E-state index is 12.1. The Morgan fingerprint density at radius 3 is 2.60 bits per heavy atom. The lowest BCUT2D eigenvalue weighted by Gasteiger charge is -2.25. The number of likely N-dealkylation sites (N-methyl/N-ethyl adjacent to an activating group) is 1. The lowest BCUT2D eigenvalue weighted by atomic mass is 10.1. The second kappa shape index (κ2) is 6.57. The second-order valence-corrected chi connectivity index (χ2v) is 5.20. The Morgan fingerprint density at radius 1 is 1.45 bits per heavy atom. The molecule has 0 bridgehead atoms. The van der Waals surface area contributed by atoms with Crippen LogP contribution in [0.3, 0.4) is 0 Å². The number of rotatable bonds is 6. The van der Waals surface area contributed by atoms with E-state index in [0.29, 0.717) is 12.5 Å². The molecule has 4 nitrogen and oxygen atoms in total. The molecule has 1 fully saturated rings. The van der Waals surface area contributed by atoms with Gasteiger partial charge in [-0.1, -0.05) is 12.1 Å². The standard InChI is InChI=1S/C16H22N2O2/c1-18(15(11-17)13-6-7-13)16(19)10-5-12-3-8-14(20-2)9-4-12/h3-5,8-10,13,15H,6-7,11,17H2,1-2H3/b10-5+. The number of hydrogen-bond acceptors (Lipinski definition) is 3. The molecule has 20 heavy (non-hydrogen) atoms. The van der Waals surface area contributed by atoms with Crippen molar-refractivity contribution in [3.63, 3.8) is 0 Å². The molecule has 1 amide bonds. The Bertz CT molecular complexity index is 478. The van der Waals surface area contributed by atoms with Crippen molar-refractivity contribution in [1.29, 1.82) is 0 Å². The number of nitrogens with zero attached hydrogens (tertiary/aromatic N) is 1. The lowest BCUT2D eigenvalue weighted by Crippen LogP contribution is -2.42. The molecule has 1 unspecified atom stereocenters. The van der Waals surface area contributed by atoms with E-state index >= 15 is 0 Å². The minimum Gasteiger partial charge on any atom is -0.497 e. The maximum atomic E-state index is 12.1. The summed E-state index contributed by atoms with van der Waals surface area (Å²) in [6, 6.07) is 7.76. The van der Waals surface area contributed by atoms with Crippen molar-refractivity contribution in [1.82, 2.24) is 4.90 Å². The van der Waals surface area contributed by atoms with Crippen molar-refractivity contribution in [3.05, 3.63) is 35.9 Å². The zero-order valence-electron chi connectivity index (χ0n) is 12.1. The van der Waals surface area contributed by atoms with Gasteiger partial charge in [0.05, 0.1) is 7.11 Å². The van der Waals surface area contributed by atoms with Crippen LogP contribution < -0.4 is 10.5 Å². The molecule has 1 saturated carbocycles. The van der Waals surface area contributed by atoms with Crippen LogP contribution in [-0.4, -0.2) is 37.6 Å². The van der Waals surface area contributed by atoms with Gasteiger partial charge in [-0.25, -0.2) is 0 Å². The van der Waals surface area contributed by atoms with Crippen molar-refractivity contribution in [2.45, 2.75) is 18.9 Å². The predicted octanol–water partition coefficient (Wildman–Crippen LogP) is 1.90. The largest absolute Gasteiger partial charge is 0.497 e. The van der Waals surface area contributed by atoms with Crippen LogP contribution in [0.4, 0.5) is 0 Å². The first kappa shape index (κ1) is 14.6. The second-order valence-electron chi connectivity index (χ2n) is 5.20. The maximum Gasteiger partial charge on any atom is 0.246 e. The molecule has 2 N–H and O–H groups in total.